The molecule has 2 aliphatic rings. The molecule has 0 aromatic carbocycles. The Kier molecular flexibility index (Phi) is 4.48. The zero-order chi connectivity index (χ0) is 14.6. The Balaban J connectivity index is 2.03. The summed E-state index contributed by atoms with van der Waals surface area (Å²) >= 11 is 0. The third kappa shape index (κ3) is 3.21. The van der Waals surface area contributed by atoms with Crippen molar-refractivity contribution in [1.29, 1.82) is 5.26 Å². The molecule has 2 aliphatic carbocycles. The molecule has 2 saturated carbocycles. The van der Waals surface area contributed by atoms with Crippen LogP contribution >= 0.6 is 0 Å². The van der Waals surface area contributed by atoms with Crippen molar-refractivity contribution in [2.45, 2.75) is 62.9 Å². The third-order valence-corrected chi connectivity index (χ3v) is 4.18. The smallest absolute Gasteiger partial charge is 0.329 e. The van der Waals surface area contributed by atoms with Gasteiger partial charge in [0.25, 0.3) is 0 Å². The summed E-state index contributed by atoms with van der Waals surface area (Å²) in [4.78, 5) is 25.5. The largest absolute Gasteiger partial charge is 0.480 e. The van der Waals surface area contributed by atoms with E-state index in [0.29, 0.717) is 19.4 Å². The number of rotatable bonds is 5. The second kappa shape index (κ2) is 6.12. The van der Waals surface area contributed by atoms with Crippen LogP contribution in [0.25, 0.3) is 0 Å². The second-order valence-electron chi connectivity index (χ2n) is 5.71. The van der Waals surface area contributed by atoms with Gasteiger partial charge in [-0.15, -0.1) is 0 Å². The standard InChI is InChI=1S/C14H21N3O3/c15-9-4-10-17(11-5-6-11)13(20)16-14(12(18)19)7-2-1-3-8-14/h11H,1-8,10H2,(H,16,20)(H,18,19). The number of nitrogens with zero attached hydrogens (tertiary/aromatic N) is 2. The molecule has 0 saturated heterocycles. The number of hydrogen-bond acceptors (Lipinski definition) is 3. The molecule has 2 amide bonds. The van der Waals surface area contributed by atoms with Gasteiger partial charge in [-0.3, -0.25) is 0 Å². The SMILES string of the molecule is N#CCCN(C(=O)NC1(C(=O)O)CCCCC1)C1CC1. The molecule has 2 N–H and O–H groups in total. The van der Waals surface area contributed by atoms with Crippen LogP contribution < -0.4 is 5.32 Å². The first-order valence-electron chi connectivity index (χ1n) is 7.28. The molecule has 2 rings (SSSR count). The molecule has 0 radical (unpaired) electrons. The Morgan fingerprint density at radius 3 is 2.45 bits per heavy atom. The Hall–Kier alpha value is -1.77. The molecule has 0 aromatic heterocycles. The lowest BCUT2D eigenvalue weighted by molar-refractivity contribution is -0.146. The van der Waals surface area contributed by atoms with Crippen molar-refractivity contribution < 1.29 is 14.7 Å². The quantitative estimate of drug-likeness (QED) is 0.803. The average molecular weight is 279 g/mol. The highest BCUT2D eigenvalue weighted by Crippen LogP contribution is 2.31. The highest BCUT2D eigenvalue weighted by Gasteiger charge is 2.43. The van der Waals surface area contributed by atoms with E-state index < -0.39 is 11.5 Å². The summed E-state index contributed by atoms with van der Waals surface area (Å²) in [6.45, 7) is 0.378. The van der Waals surface area contributed by atoms with Crippen LogP contribution in [0.5, 0.6) is 0 Å². The lowest BCUT2D eigenvalue weighted by Crippen LogP contribution is -2.59. The minimum Gasteiger partial charge on any atom is -0.480 e. The normalized spacial score (nSPS) is 20.8. The van der Waals surface area contributed by atoms with Crippen molar-refractivity contribution in [1.82, 2.24) is 10.2 Å². The summed E-state index contributed by atoms with van der Waals surface area (Å²) < 4.78 is 0. The van der Waals surface area contributed by atoms with Crippen LogP contribution in [0.15, 0.2) is 0 Å². The van der Waals surface area contributed by atoms with Crippen LogP contribution in [-0.2, 0) is 4.79 Å². The first-order chi connectivity index (χ1) is 9.59. The van der Waals surface area contributed by atoms with Crippen LogP contribution in [0.1, 0.15) is 51.4 Å². The van der Waals surface area contributed by atoms with E-state index in [-0.39, 0.29) is 18.5 Å². The molecule has 0 aliphatic heterocycles. The van der Waals surface area contributed by atoms with E-state index in [9.17, 15) is 14.7 Å². The van der Waals surface area contributed by atoms with E-state index in [4.69, 9.17) is 5.26 Å². The van der Waals surface area contributed by atoms with Gasteiger partial charge in [-0.25, -0.2) is 9.59 Å². The highest BCUT2D eigenvalue weighted by molar-refractivity contribution is 5.86. The molecule has 6 nitrogen and oxygen atoms in total. The lowest BCUT2D eigenvalue weighted by atomic mass is 9.82. The zero-order valence-electron chi connectivity index (χ0n) is 11.6. The van der Waals surface area contributed by atoms with Gasteiger partial charge in [-0.2, -0.15) is 5.26 Å². The van der Waals surface area contributed by atoms with Gasteiger partial charge in [0.15, 0.2) is 0 Å². The molecule has 0 heterocycles. The molecular formula is C14H21N3O3. The van der Waals surface area contributed by atoms with Crippen molar-refractivity contribution in [3.63, 3.8) is 0 Å². The summed E-state index contributed by atoms with van der Waals surface area (Å²) in [7, 11) is 0. The van der Waals surface area contributed by atoms with Crippen LogP contribution in [0.2, 0.25) is 0 Å². The highest BCUT2D eigenvalue weighted by atomic mass is 16.4. The van der Waals surface area contributed by atoms with Gasteiger partial charge in [0.2, 0.25) is 0 Å². The number of amides is 2. The first kappa shape index (κ1) is 14.6. The fraction of sp³-hybridized carbons (Fsp3) is 0.786. The lowest BCUT2D eigenvalue weighted by Gasteiger charge is -2.36. The number of carboxylic acids is 1. The van der Waals surface area contributed by atoms with Crippen molar-refractivity contribution in [3.05, 3.63) is 0 Å². The number of nitriles is 1. The Labute approximate surface area is 118 Å². The first-order valence-corrected chi connectivity index (χ1v) is 7.28. The van der Waals surface area contributed by atoms with Crippen molar-refractivity contribution in [2.75, 3.05) is 6.54 Å². The number of hydrogen-bond donors (Lipinski definition) is 2. The number of carbonyl (C=O) groups excluding carboxylic acids is 1. The Morgan fingerprint density at radius 2 is 1.95 bits per heavy atom. The van der Waals surface area contributed by atoms with Gasteiger partial charge < -0.3 is 15.3 Å². The number of nitrogens with one attached hydrogen (secondary N) is 1. The molecule has 0 bridgehead atoms. The topological polar surface area (TPSA) is 93.4 Å². The van der Waals surface area contributed by atoms with Gasteiger partial charge in [-0.1, -0.05) is 19.3 Å². The summed E-state index contributed by atoms with van der Waals surface area (Å²) in [6.07, 6.45) is 5.82. The predicted octanol–water partition coefficient (Wildman–Crippen LogP) is 1.86. The maximum absolute atomic E-state index is 12.4. The van der Waals surface area contributed by atoms with E-state index in [1.807, 2.05) is 6.07 Å². The maximum Gasteiger partial charge on any atom is 0.329 e. The van der Waals surface area contributed by atoms with Crippen LogP contribution in [0.4, 0.5) is 4.79 Å². The van der Waals surface area contributed by atoms with Crippen LogP contribution in [0, 0.1) is 11.3 Å². The van der Waals surface area contributed by atoms with Crippen molar-refractivity contribution in [2.24, 2.45) is 0 Å². The Morgan fingerprint density at radius 1 is 1.30 bits per heavy atom. The van der Waals surface area contributed by atoms with E-state index in [2.05, 4.69) is 5.32 Å². The number of carboxylic acid groups (broad SMARTS) is 1. The van der Waals surface area contributed by atoms with Gasteiger partial charge in [0.05, 0.1) is 12.5 Å². The van der Waals surface area contributed by atoms with E-state index in [1.54, 1.807) is 4.90 Å². The predicted molar refractivity (Wildman–Crippen MR) is 71.9 cm³/mol. The summed E-state index contributed by atoms with van der Waals surface area (Å²) in [5.41, 5.74) is -1.12. The Bertz CT molecular complexity index is 420. The van der Waals surface area contributed by atoms with Gasteiger partial charge in [0.1, 0.15) is 5.54 Å². The molecule has 0 spiro atoms. The van der Waals surface area contributed by atoms with Gasteiger partial charge >= 0.3 is 12.0 Å². The number of carbonyl (C=O) groups is 2. The van der Waals surface area contributed by atoms with E-state index in [0.717, 1.165) is 32.1 Å². The van der Waals surface area contributed by atoms with Gasteiger partial charge in [0, 0.05) is 12.6 Å². The second-order valence-corrected chi connectivity index (χ2v) is 5.71. The zero-order valence-corrected chi connectivity index (χ0v) is 11.6. The molecular weight excluding hydrogens is 258 g/mol. The minimum atomic E-state index is -1.12. The van der Waals surface area contributed by atoms with Crippen molar-refractivity contribution in [3.8, 4) is 6.07 Å². The molecule has 6 heteroatoms. The van der Waals surface area contributed by atoms with Crippen molar-refractivity contribution >= 4 is 12.0 Å². The third-order valence-electron chi connectivity index (χ3n) is 4.18. The summed E-state index contributed by atoms with van der Waals surface area (Å²) in [5, 5.41) is 20.9. The summed E-state index contributed by atoms with van der Waals surface area (Å²) in [6, 6.07) is 1.89. The fourth-order valence-corrected chi connectivity index (χ4v) is 2.83. The average Bonchev–Trinajstić information content (AvgIpc) is 3.24. The number of aliphatic carboxylic acids is 1. The minimum absolute atomic E-state index is 0.179. The molecule has 0 unspecified atom stereocenters. The monoisotopic (exact) mass is 279 g/mol. The molecule has 2 fully saturated rings. The van der Waals surface area contributed by atoms with Crippen LogP contribution in [0.3, 0.4) is 0 Å². The van der Waals surface area contributed by atoms with Crippen LogP contribution in [-0.4, -0.2) is 40.1 Å². The number of urea groups is 1. The maximum atomic E-state index is 12.4. The van der Waals surface area contributed by atoms with E-state index >= 15 is 0 Å². The molecule has 110 valence electrons. The molecule has 20 heavy (non-hydrogen) atoms. The molecule has 0 aromatic rings. The molecule has 0 atom stereocenters. The fourth-order valence-electron chi connectivity index (χ4n) is 2.83. The van der Waals surface area contributed by atoms with E-state index in [1.165, 1.54) is 0 Å². The summed E-state index contributed by atoms with van der Waals surface area (Å²) in [5.74, 6) is -0.943. The van der Waals surface area contributed by atoms with Gasteiger partial charge in [-0.05, 0) is 25.7 Å².